The molecule has 156 valence electrons. The van der Waals surface area contributed by atoms with E-state index in [-0.39, 0.29) is 13.1 Å². The van der Waals surface area contributed by atoms with E-state index in [1.807, 2.05) is 5.32 Å². The van der Waals surface area contributed by atoms with Gasteiger partial charge < -0.3 is 30.6 Å². The lowest BCUT2D eigenvalue weighted by atomic mass is 10.1. The predicted octanol–water partition coefficient (Wildman–Crippen LogP) is -0.0573. The first-order chi connectivity index (χ1) is 13.1. The summed E-state index contributed by atoms with van der Waals surface area (Å²) in [6.07, 6.45) is -1.14. The standard InChI is InChI=1S/C16H19F3N2O7/c17-9-7-8(15(26)20-10(16(27)28)1-2-11(24)25)12(18)13(19)14(9)21(3-5-22)4-6-23/h7,10,22-23H,1-6H2,(H,20,26)(H,24,25)(H,27,28)/t10-/m0/s1. The lowest BCUT2D eigenvalue weighted by molar-refractivity contribution is -0.140. The third-order valence-electron chi connectivity index (χ3n) is 3.69. The van der Waals surface area contributed by atoms with E-state index < -0.39 is 78.6 Å². The lowest BCUT2D eigenvalue weighted by Crippen LogP contribution is -2.41. The molecular formula is C16H19F3N2O7. The maximum Gasteiger partial charge on any atom is 0.326 e. The van der Waals surface area contributed by atoms with Gasteiger partial charge in [-0.3, -0.25) is 9.59 Å². The number of aliphatic carboxylic acids is 2. The number of aliphatic hydroxyl groups is 2. The van der Waals surface area contributed by atoms with Crippen LogP contribution >= 0.6 is 0 Å². The maximum absolute atomic E-state index is 14.3. The van der Waals surface area contributed by atoms with Gasteiger partial charge in [0, 0.05) is 19.5 Å². The molecule has 0 unspecified atom stereocenters. The van der Waals surface area contributed by atoms with Crippen molar-refractivity contribution in [2.24, 2.45) is 0 Å². The highest BCUT2D eigenvalue weighted by atomic mass is 19.2. The summed E-state index contributed by atoms with van der Waals surface area (Å²) in [5.41, 5.74) is -2.02. The molecule has 0 radical (unpaired) electrons. The minimum atomic E-state index is -1.77. The second-order valence-electron chi connectivity index (χ2n) is 5.61. The number of benzene rings is 1. The number of nitrogens with one attached hydrogen (secondary N) is 1. The molecule has 0 aromatic heterocycles. The maximum atomic E-state index is 14.3. The van der Waals surface area contributed by atoms with Gasteiger partial charge in [-0.1, -0.05) is 0 Å². The summed E-state index contributed by atoms with van der Waals surface area (Å²) in [4.78, 5) is 34.5. The molecule has 12 heteroatoms. The second kappa shape index (κ2) is 10.5. The monoisotopic (exact) mass is 408 g/mol. The highest BCUT2D eigenvalue weighted by Gasteiger charge is 2.28. The molecule has 5 N–H and O–H groups in total. The van der Waals surface area contributed by atoms with E-state index in [0.29, 0.717) is 6.07 Å². The number of carbonyl (C=O) groups is 3. The van der Waals surface area contributed by atoms with Crippen molar-refractivity contribution >= 4 is 23.5 Å². The normalized spacial score (nSPS) is 11.8. The van der Waals surface area contributed by atoms with Gasteiger partial charge in [0.2, 0.25) is 0 Å². The largest absolute Gasteiger partial charge is 0.481 e. The Morgan fingerprint density at radius 1 is 1.04 bits per heavy atom. The average molecular weight is 408 g/mol. The predicted molar refractivity (Wildman–Crippen MR) is 88.5 cm³/mol. The number of hydrogen-bond donors (Lipinski definition) is 5. The van der Waals surface area contributed by atoms with Crippen LogP contribution in [-0.4, -0.2) is 70.6 Å². The number of rotatable bonds is 11. The van der Waals surface area contributed by atoms with Gasteiger partial charge in [0.25, 0.3) is 5.91 Å². The zero-order valence-corrected chi connectivity index (χ0v) is 14.5. The van der Waals surface area contributed by atoms with E-state index in [9.17, 15) is 27.6 Å². The average Bonchev–Trinajstić information content (AvgIpc) is 2.61. The SMILES string of the molecule is O=C(O)CC[C@H](NC(=O)c1cc(F)c(N(CCO)CCO)c(F)c1F)C(=O)O. The van der Waals surface area contributed by atoms with Crippen molar-refractivity contribution in [3.63, 3.8) is 0 Å². The van der Waals surface area contributed by atoms with Crippen LogP contribution in [0, 0.1) is 17.5 Å². The minimum absolute atomic E-state index is 0.324. The van der Waals surface area contributed by atoms with Crippen molar-refractivity contribution in [1.29, 1.82) is 0 Å². The van der Waals surface area contributed by atoms with Crippen LogP contribution in [0.2, 0.25) is 0 Å². The van der Waals surface area contributed by atoms with Crippen molar-refractivity contribution in [2.75, 3.05) is 31.2 Å². The molecule has 9 nitrogen and oxygen atoms in total. The van der Waals surface area contributed by atoms with E-state index in [2.05, 4.69) is 0 Å². The number of carboxylic acids is 2. The summed E-state index contributed by atoms with van der Waals surface area (Å²) < 4.78 is 43.0. The zero-order valence-electron chi connectivity index (χ0n) is 14.5. The molecule has 1 rings (SSSR count). The Bertz CT molecular complexity index is 739. The molecule has 0 bridgehead atoms. The number of amides is 1. The van der Waals surface area contributed by atoms with Crippen molar-refractivity contribution in [3.05, 3.63) is 29.1 Å². The van der Waals surface area contributed by atoms with Gasteiger partial charge in [-0.15, -0.1) is 0 Å². The molecule has 1 amide bonds. The lowest BCUT2D eigenvalue weighted by Gasteiger charge is -2.24. The van der Waals surface area contributed by atoms with E-state index in [1.165, 1.54) is 0 Å². The first-order valence-electron chi connectivity index (χ1n) is 8.03. The summed E-state index contributed by atoms with van der Waals surface area (Å²) in [7, 11) is 0. The van der Waals surface area contributed by atoms with Gasteiger partial charge in [0.05, 0.1) is 18.8 Å². The Labute approximate surface area is 157 Å². The van der Waals surface area contributed by atoms with Crippen molar-refractivity contribution in [2.45, 2.75) is 18.9 Å². The van der Waals surface area contributed by atoms with E-state index in [0.717, 1.165) is 4.90 Å². The number of carboxylic acid groups (broad SMARTS) is 2. The number of carbonyl (C=O) groups excluding carboxylic acids is 1. The fourth-order valence-corrected chi connectivity index (χ4v) is 2.38. The quantitative estimate of drug-likeness (QED) is 0.320. The third-order valence-corrected chi connectivity index (χ3v) is 3.69. The molecule has 0 spiro atoms. The second-order valence-corrected chi connectivity index (χ2v) is 5.61. The summed E-state index contributed by atoms with van der Waals surface area (Å²) in [6, 6.07) is -1.37. The molecule has 28 heavy (non-hydrogen) atoms. The Kier molecular flexibility index (Phi) is 8.67. The fourth-order valence-electron chi connectivity index (χ4n) is 2.38. The molecule has 0 fully saturated rings. The Balaban J connectivity index is 3.19. The molecule has 0 saturated carbocycles. The number of hydrogen-bond acceptors (Lipinski definition) is 6. The number of aliphatic hydroxyl groups excluding tert-OH is 2. The van der Waals surface area contributed by atoms with Crippen LogP contribution < -0.4 is 10.2 Å². The number of nitrogens with zero attached hydrogens (tertiary/aromatic N) is 1. The fraction of sp³-hybridized carbons (Fsp3) is 0.438. The smallest absolute Gasteiger partial charge is 0.326 e. The Hall–Kier alpha value is -2.86. The van der Waals surface area contributed by atoms with Crippen LogP contribution in [0.25, 0.3) is 0 Å². The molecular weight excluding hydrogens is 389 g/mol. The number of halogens is 3. The van der Waals surface area contributed by atoms with Crippen LogP contribution in [0.15, 0.2) is 6.07 Å². The van der Waals surface area contributed by atoms with Gasteiger partial charge in [-0.05, 0) is 12.5 Å². The van der Waals surface area contributed by atoms with E-state index in [1.54, 1.807) is 0 Å². The summed E-state index contributed by atoms with van der Waals surface area (Å²) >= 11 is 0. The minimum Gasteiger partial charge on any atom is -0.481 e. The first kappa shape index (κ1) is 23.2. The Morgan fingerprint density at radius 3 is 2.07 bits per heavy atom. The summed E-state index contributed by atoms with van der Waals surface area (Å²) in [6.45, 7) is -1.75. The van der Waals surface area contributed by atoms with Crippen molar-refractivity contribution in [3.8, 4) is 0 Å². The summed E-state index contributed by atoms with van der Waals surface area (Å²) in [5, 5.41) is 37.3. The van der Waals surface area contributed by atoms with Gasteiger partial charge in [0.15, 0.2) is 17.5 Å². The van der Waals surface area contributed by atoms with Crippen LogP contribution in [0.4, 0.5) is 18.9 Å². The molecule has 1 aromatic rings. The van der Waals surface area contributed by atoms with Crippen LogP contribution in [-0.2, 0) is 9.59 Å². The van der Waals surface area contributed by atoms with Crippen molar-refractivity contribution in [1.82, 2.24) is 5.32 Å². The number of anilines is 1. The van der Waals surface area contributed by atoms with Gasteiger partial charge in [0.1, 0.15) is 11.7 Å². The highest BCUT2D eigenvalue weighted by molar-refractivity contribution is 5.97. The molecule has 0 aliphatic carbocycles. The van der Waals surface area contributed by atoms with E-state index in [4.69, 9.17) is 20.4 Å². The topological polar surface area (TPSA) is 147 Å². The van der Waals surface area contributed by atoms with Crippen LogP contribution in [0.3, 0.4) is 0 Å². The van der Waals surface area contributed by atoms with E-state index >= 15 is 0 Å². The molecule has 1 atom stereocenters. The zero-order chi connectivity index (χ0) is 21.4. The molecule has 0 heterocycles. The Morgan fingerprint density at radius 2 is 1.61 bits per heavy atom. The van der Waals surface area contributed by atoms with Crippen LogP contribution in [0.5, 0.6) is 0 Å². The van der Waals surface area contributed by atoms with Gasteiger partial charge in [-0.25, -0.2) is 18.0 Å². The van der Waals surface area contributed by atoms with Gasteiger partial charge in [-0.2, -0.15) is 0 Å². The summed E-state index contributed by atoms with van der Waals surface area (Å²) in [5.74, 6) is -9.29. The molecule has 1 aromatic carbocycles. The molecule has 0 saturated heterocycles. The van der Waals surface area contributed by atoms with Gasteiger partial charge >= 0.3 is 11.9 Å². The third kappa shape index (κ3) is 5.82. The van der Waals surface area contributed by atoms with Crippen molar-refractivity contribution < 1.29 is 48.0 Å². The highest BCUT2D eigenvalue weighted by Crippen LogP contribution is 2.28. The molecule has 0 aliphatic heterocycles. The first-order valence-corrected chi connectivity index (χ1v) is 8.03. The van der Waals surface area contributed by atoms with Crippen LogP contribution in [0.1, 0.15) is 23.2 Å². The molecule has 0 aliphatic rings.